The van der Waals surface area contributed by atoms with Gasteiger partial charge < -0.3 is 55.3 Å². The highest BCUT2D eigenvalue weighted by molar-refractivity contribution is 7.61. The van der Waals surface area contributed by atoms with E-state index in [0.29, 0.717) is 12.8 Å². The molecule has 75 heavy (non-hydrogen) atoms. The Morgan fingerprint density at radius 1 is 0.747 bits per heavy atom. The predicted molar refractivity (Wildman–Crippen MR) is 284 cm³/mol. The van der Waals surface area contributed by atoms with Crippen LogP contribution in [0.3, 0.4) is 0 Å². The third kappa shape index (κ3) is 32.0. The van der Waals surface area contributed by atoms with E-state index in [1.807, 2.05) is 19.1 Å². The van der Waals surface area contributed by atoms with Gasteiger partial charge in [0.25, 0.3) is 0 Å². The van der Waals surface area contributed by atoms with Gasteiger partial charge in [0.1, 0.15) is 30.7 Å². The van der Waals surface area contributed by atoms with Crippen LogP contribution in [0.4, 0.5) is 5.82 Å². The fraction of sp³-hybridized carbons (Fsp3) is 0.692. The molecule has 0 amide bonds. The monoisotopic (exact) mass is 1100 g/mol. The highest BCUT2D eigenvalue weighted by atomic mass is 31.3. The smallest absolute Gasteiger partial charge is 0.462 e. The van der Waals surface area contributed by atoms with Crippen molar-refractivity contribution in [1.29, 1.82) is 0 Å². The molecule has 2 heterocycles. The summed E-state index contributed by atoms with van der Waals surface area (Å²) >= 11 is 0. The van der Waals surface area contributed by atoms with Gasteiger partial charge in [0.2, 0.25) is 0 Å². The summed E-state index contributed by atoms with van der Waals surface area (Å²) in [6, 6.07) is 1.23. The molecule has 1 aromatic heterocycles. The van der Waals surface area contributed by atoms with Gasteiger partial charge in [0.15, 0.2) is 12.3 Å². The number of ether oxygens (including phenoxy) is 3. The first-order valence-corrected chi connectivity index (χ1v) is 29.5. The number of anilines is 1. The summed E-state index contributed by atoms with van der Waals surface area (Å²) in [6.45, 7) is 3.94. The summed E-state index contributed by atoms with van der Waals surface area (Å²) in [5, 5.41) is 51.6. The molecule has 0 bridgehead atoms. The van der Waals surface area contributed by atoms with Crippen molar-refractivity contribution in [2.75, 3.05) is 25.6 Å². The number of rotatable bonds is 42. The van der Waals surface area contributed by atoms with Crippen LogP contribution in [-0.2, 0) is 46.3 Å². The summed E-state index contributed by atoms with van der Waals surface area (Å²) < 4.78 is 56.6. The summed E-state index contributed by atoms with van der Waals surface area (Å²) in [5.74, 6) is -0.873. The van der Waals surface area contributed by atoms with Crippen LogP contribution in [0.15, 0.2) is 77.8 Å². The van der Waals surface area contributed by atoms with Crippen LogP contribution < -0.4 is 11.4 Å². The standard InChI is InChI=1S/C52H87N3O18P2/c1-4-5-22-29-41(56)30-24-19-16-17-20-25-31-43(57)44(58)32-27-34-47(59)68-37-42(71-48(60)33-26-21-15-13-11-9-7-6-8-10-12-14-18-23-28-40(2)3)38-69-74(64,65)73-75(66,67)70-39-45-49(61)50(62)51(72-45)55-36-35-46(53)54-52(55)63/h5,16-17,19-20,22,24-25,30-31,35-36,40-45,49-51,56-58,61-62H,4,6-15,18,21,23,26-29,32-34,37-39H2,1-3H3,(H,64,65)(H,66,67)(H2,53,54,63)/b19-16+,20-17-,22-5-,30-24+,31-25-/t41-,42-,43+,44+,45-,49-,50-,51-/m1/s1. The molecule has 1 fully saturated rings. The number of carbonyl (C=O) groups excluding carboxylic acids is 2. The van der Waals surface area contributed by atoms with Crippen molar-refractivity contribution in [3.05, 3.63) is 83.5 Å². The maximum atomic E-state index is 12.9. The summed E-state index contributed by atoms with van der Waals surface area (Å²) in [6.07, 6.45) is 25.2. The highest BCUT2D eigenvalue weighted by Crippen LogP contribution is 2.60. The third-order valence-corrected chi connectivity index (χ3v) is 14.5. The number of allylic oxidation sites excluding steroid dienone is 7. The molecule has 23 heteroatoms. The molecule has 428 valence electrons. The SMILES string of the molecule is CC/C=C\C[C@@H](O)/C=C/C=C/C=C\C=C/[C@H](O)[C@@H](O)CCCC(=O)OC[C@H](COP(=O)(O)OP(=O)(O)OC[C@H]1O[C@@H](n2ccc(N)nc2=O)[C@H](O)[C@@H]1O)OC(=O)CCCCCCCCCCCCCCCCC(C)C. The second-order valence-electron chi connectivity index (χ2n) is 19.0. The average Bonchev–Trinajstić information content (AvgIpc) is 3.63. The average molecular weight is 1100 g/mol. The number of esters is 2. The van der Waals surface area contributed by atoms with E-state index in [4.69, 9.17) is 29.0 Å². The highest BCUT2D eigenvalue weighted by Gasteiger charge is 2.46. The lowest BCUT2D eigenvalue weighted by molar-refractivity contribution is -0.161. The molecular formula is C52H87N3O18P2. The number of hydrogen-bond donors (Lipinski definition) is 8. The van der Waals surface area contributed by atoms with E-state index in [-0.39, 0.29) is 31.5 Å². The van der Waals surface area contributed by atoms with Crippen LogP contribution in [0.25, 0.3) is 0 Å². The number of carbonyl (C=O) groups is 2. The van der Waals surface area contributed by atoms with Crippen molar-refractivity contribution in [3.8, 4) is 0 Å². The molecule has 9 N–H and O–H groups in total. The van der Waals surface area contributed by atoms with Crippen LogP contribution in [0, 0.1) is 5.92 Å². The first kappa shape index (κ1) is 67.4. The Kier molecular flexibility index (Phi) is 34.9. The Morgan fingerprint density at radius 2 is 1.31 bits per heavy atom. The molecule has 0 aromatic carbocycles. The van der Waals surface area contributed by atoms with Crippen molar-refractivity contribution in [3.63, 3.8) is 0 Å². The first-order chi connectivity index (χ1) is 35.7. The molecule has 10 atom stereocenters. The van der Waals surface area contributed by atoms with Gasteiger partial charge in [-0.05, 0) is 44.1 Å². The fourth-order valence-electron chi connectivity index (χ4n) is 7.66. The van der Waals surface area contributed by atoms with Gasteiger partial charge in [-0.15, -0.1) is 0 Å². The minimum atomic E-state index is -5.50. The van der Waals surface area contributed by atoms with E-state index in [2.05, 4.69) is 23.1 Å². The number of nitrogens with two attached hydrogens (primary N) is 1. The van der Waals surface area contributed by atoms with Crippen molar-refractivity contribution in [2.24, 2.45) is 5.92 Å². The Balaban J connectivity index is 1.87. The van der Waals surface area contributed by atoms with Crippen LogP contribution in [-0.4, -0.2) is 119 Å². The number of nitrogen functional groups attached to an aromatic ring is 1. The summed E-state index contributed by atoms with van der Waals surface area (Å²) in [5.41, 5.74) is 4.56. The maximum absolute atomic E-state index is 12.9. The third-order valence-electron chi connectivity index (χ3n) is 11.9. The molecule has 1 aromatic rings. The molecule has 0 spiro atoms. The number of aromatic nitrogens is 2. The van der Waals surface area contributed by atoms with Crippen LogP contribution in [0.2, 0.25) is 0 Å². The Bertz CT molecular complexity index is 2060. The molecule has 2 rings (SSSR count). The molecule has 0 radical (unpaired) electrons. The maximum Gasteiger partial charge on any atom is 0.481 e. The second-order valence-corrected chi connectivity index (χ2v) is 22.1. The number of aliphatic hydroxyl groups excluding tert-OH is 5. The largest absolute Gasteiger partial charge is 0.481 e. The Hall–Kier alpha value is -3.66. The zero-order valence-corrected chi connectivity index (χ0v) is 45.9. The fourth-order valence-corrected chi connectivity index (χ4v) is 9.77. The molecule has 1 aliphatic heterocycles. The number of unbranched alkanes of at least 4 members (excludes halogenated alkanes) is 13. The number of phosphoric ester groups is 2. The lowest BCUT2D eigenvalue weighted by Gasteiger charge is -2.21. The van der Waals surface area contributed by atoms with Crippen molar-refractivity contribution >= 4 is 33.4 Å². The second kappa shape index (κ2) is 38.8. The quantitative estimate of drug-likeness (QED) is 0.0101. The van der Waals surface area contributed by atoms with Crippen LogP contribution in [0.1, 0.15) is 162 Å². The zero-order valence-electron chi connectivity index (χ0n) is 44.1. The van der Waals surface area contributed by atoms with Gasteiger partial charge in [-0.3, -0.25) is 23.2 Å². The number of phosphoric acid groups is 2. The van der Waals surface area contributed by atoms with Gasteiger partial charge in [0.05, 0.1) is 31.5 Å². The van der Waals surface area contributed by atoms with Gasteiger partial charge in [0, 0.05) is 19.0 Å². The van der Waals surface area contributed by atoms with Crippen LogP contribution >= 0.6 is 15.6 Å². The molecule has 0 saturated carbocycles. The number of nitrogens with zero attached hydrogens (tertiary/aromatic N) is 2. The molecule has 1 aliphatic rings. The number of aliphatic hydroxyl groups is 5. The van der Waals surface area contributed by atoms with Crippen molar-refractivity contribution in [1.82, 2.24) is 9.55 Å². The van der Waals surface area contributed by atoms with E-state index in [0.717, 1.165) is 55.2 Å². The lowest BCUT2D eigenvalue weighted by Crippen LogP contribution is -2.36. The minimum Gasteiger partial charge on any atom is -0.462 e. The topological polar surface area (TPSA) is 326 Å². The molecular weight excluding hydrogens is 1020 g/mol. The minimum absolute atomic E-state index is 0.00654. The van der Waals surface area contributed by atoms with E-state index in [9.17, 15) is 58.8 Å². The predicted octanol–water partition coefficient (Wildman–Crippen LogP) is 7.88. The van der Waals surface area contributed by atoms with Crippen molar-refractivity contribution in [2.45, 2.75) is 205 Å². The van der Waals surface area contributed by atoms with Gasteiger partial charge in [-0.1, -0.05) is 171 Å². The summed E-state index contributed by atoms with van der Waals surface area (Å²) in [4.78, 5) is 62.0. The molecule has 2 unspecified atom stereocenters. The lowest BCUT2D eigenvalue weighted by atomic mass is 10.0. The molecule has 21 nitrogen and oxygen atoms in total. The Labute approximate surface area is 442 Å². The summed E-state index contributed by atoms with van der Waals surface area (Å²) in [7, 11) is -11.0. The number of hydrogen-bond acceptors (Lipinski definition) is 18. The van der Waals surface area contributed by atoms with Crippen LogP contribution in [0.5, 0.6) is 0 Å². The molecule has 0 aliphatic carbocycles. The van der Waals surface area contributed by atoms with E-state index in [1.54, 1.807) is 36.5 Å². The van der Waals surface area contributed by atoms with Gasteiger partial charge >= 0.3 is 33.3 Å². The Morgan fingerprint density at radius 3 is 1.91 bits per heavy atom. The van der Waals surface area contributed by atoms with Gasteiger partial charge in [-0.25, -0.2) is 13.9 Å². The molecule has 1 saturated heterocycles. The zero-order chi connectivity index (χ0) is 55.5. The normalized spacial score (nSPS) is 20.6. The van der Waals surface area contributed by atoms with Gasteiger partial charge in [-0.2, -0.15) is 9.29 Å². The van der Waals surface area contributed by atoms with E-state index < -0.39 is 102 Å². The van der Waals surface area contributed by atoms with E-state index >= 15 is 0 Å². The van der Waals surface area contributed by atoms with E-state index in [1.165, 1.54) is 76.0 Å². The van der Waals surface area contributed by atoms with Crippen molar-refractivity contribution < 1.29 is 81.6 Å². The first-order valence-electron chi connectivity index (χ1n) is 26.5.